The van der Waals surface area contributed by atoms with Crippen molar-refractivity contribution >= 4 is 29.7 Å². The predicted octanol–water partition coefficient (Wildman–Crippen LogP) is 7.98. The fraction of sp³-hybridized carbons (Fsp3) is 0.904. The number of aliphatic hydroxyl groups is 5. The van der Waals surface area contributed by atoms with Crippen LogP contribution in [-0.4, -0.2) is 122 Å². The van der Waals surface area contributed by atoms with Gasteiger partial charge in [-0.2, -0.15) is 0 Å². The van der Waals surface area contributed by atoms with E-state index in [9.17, 15) is 54.6 Å². The molecule has 0 radical (unpaired) electrons. The highest BCUT2D eigenvalue weighted by molar-refractivity contribution is 5.87. The molecule has 0 aromatic carbocycles. The van der Waals surface area contributed by atoms with Crippen molar-refractivity contribution in [2.75, 3.05) is 6.61 Å². The number of aliphatic hydroxyl groups excluding tert-OH is 5. The van der Waals surface area contributed by atoms with E-state index in [0.29, 0.717) is 38.5 Å². The number of rotatable bonds is 44. The van der Waals surface area contributed by atoms with Crippen LogP contribution in [0.3, 0.4) is 0 Å². The number of carboxylic acid groups (broad SMARTS) is 1. The molecule has 1 fully saturated rings. The molecule has 1 heterocycles. The first kappa shape index (κ1) is 63.1. The van der Waals surface area contributed by atoms with Gasteiger partial charge in [0.05, 0.1) is 50.6 Å². The number of hydrogen-bond donors (Lipinski definition) is 8. The summed E-state index contributed by atoms with van der Waals surface area (Å²) in [6.45, 7) is 5.69. The number of amides is 2. The zero-order chi connectivity index (χ0) is 50.4. The van der Waals surface area contributed by atoms with E-state index in [0.717, 1.165) is 77.0 Å². The summed E-state index contributed by atoms with van der Waals surface area (Å²) >= 11 is 0. The highest BCUT2D eigenvalue weighted by Crippen LogP contribution is 2.27. The molecule has 0 aromatic heterocycles. The van der Waals surface area contributed by atoms with Crippen LogP contribution in [0, 0.1) is 0 Å². The normalized spacial score (nSPS) is 20.0. The summed E-state index contributed by atoms with van der Waals surface area (Å²) in [6.07, 6.45) is 18.2. The van der Waals surface area contributed by atoms with E-state index in [2.05, 4.69) is 31.4 Å². The molecule has 1 aliphatic heterocycles. The van der Waals surface area contributed by atoms with Gasteiger partial charge >= 0.3 is 17.9 Å². The Morgan fingerprint density at radius 2 is 0.882 bits per heavy atom. The van der Waals surface area contributed by atoms with Crippen LogP contribution in [-0.2, 0) is 38.2 Å². The second-order valence-electron chi connectivity index (χ2n) is 19.3. The molecule has 1 aliphatic rings. The standard InChI is InChI=1S/C52H96N2O14/c1-4-7-10-13-16-19-22-25-28-31-39(56)34-44(59)53-42(51(64)65)37-47(62)68-52-48(54-45(60)35-40(57)32-29-26-23-20-17-14-11-8-5-2)50(49(63)43(38-55)66-52)67-46(61)36-41(58)33-30-27-24-21-18-15-12-9-6-3/h39-43,48-50,52,55-58,63H,4-38H2,1-3H3,(H,53,59)(H,54,60)(H,64,65)/t39?,40?,41?,42-,43?,48?,49?,50?,52?/m1/s1. The zero-order valence-electron chi connectivity index (χ0n) is 42.4. The number of esters is 2. The van der Waals surface area contributed by atoms with Crippen LogP contribution in [0.5, 0.6) is 0 Å². The number of aliphatic carboxylic acids is 1. The fourth-order valence-corrected chi connectivity index (χ4v) is 8.70. The molecular formula is C52H96N2O14. The largest absolute Gasteiger partial charge is 0.480 e. The first-order valence-corrected chi connectivity index (χ1v) is 26.9. The summed E-state index contributed by atoms with van der Waals surface area (Å²) in [6, 6.07) is -3.38. The van der Waals surface area contributed by atoms with Gasteiger partial charge in [0.15, 0.2) is 6.10 Å². The van der Waals surface area contributed by atoms with Crippen LogP contribution in [0.1, 0.15) is 239 Å². The third-order valence-electron chi connectivity index (χ3n) is 12.9. The van der Waals surface area contributed by atoms with Gasteiger partial charge in [0.25, 0.3) is 0 Å². The summed E-state index contributed by atoms with van der Waals surface area (Å²) in [5.74, 6) is -5.24. The van der Waals surface area contributed by atoms with Crippen molar-refractivity contribution in [1.29, 1.82) is 0 Å². The van der Waals surface area contributed by atoms with Gasteiger partial charge in [0.1, 0.15) is 24.3 Å². The number of hydrogen-bond acceptors (Lipinski definition) is 13. The number of carbonyl (C=O) groups excluding carboxylic acids is 4. The lowest BCUT2D eigenvalue weighted by Gasteiger charge is -2.43. The Kier molecular flexibility index (Phi) is 37.9. The van der Waals surface area contributed by atoms with Gasteiger partial charge in [-0.3, -0.25) is 19.2 Å². The van der Waals surface area contributed by atoms with Crippen molar-refractivity contribution in [1.82, 2.24) is 10.6 Å². The van der Waals surface area contributed by atoms with E-state index in [1.165, 1.54) is 77.0 Å². The Labute approximate surface area is 408 Å². The molecule has 2 amide bonds. The van der Waals surface area contributed by atoms with Crippen molar-refractivity contribution in [2.45, 2.75) is 294 Å². The maximum atomic E-state index is 13.4. The van der Waals surface area contributed by atoms with E-state index in [4.69, 9.17) is 14.2 Å². The third-order valence-corrected chi connectivity index (χ3v) is 12.9. The summed E-state index contributed by atoms with van der Waals surface area (Å²) in [5.41, 5.74) is 0. The molecule has 0 spiro atoms. The van der Waals surface area contributed by atoms with Crippen LogP contribution in [0.15, 0.2) is 0 Å². The van der Waals surface area contributed by atoms with Crippen molar-refractivity contribution in [3.8, 4) is 0 Å². The molecule has 68 heavy (non-hydrogen) atoms. The Morgan fingerprint density at radius 3 is 1.28 bits per heavy atom. The lowest BCUT2D eigenvalue weighted by Crippen LogP contribution is -2.66. The van der Waals surface area contributed by atoms with E-state index in [1.54, 1.807) is 0 Å². The summed E-state index contributed by atoms with van der Waals surface area (Å²) in [7, 11) is 0. The van der Waals surface area contributed by atoms with Crippen molar-refractivity contribution < 1.29 is 68.8 Å². The van der Waals surface area contributed by atoms with Gasteiger partial charge in [-0.05, 0) is 19.3 Å². The molecule has 8 unspecified atom stereocenters. The maximum absolute atomic E-state index is 13.4. The lowest BCUT2D eigenvalue weighted by atomic mass is 9.96. The van der Waals surface area contributed by atoms with Crippen LogP contribution in [0.2, 0.25) is 0 Å². The molecule has 0 aromatic rings. The van der Waals surface area contributed by atoms with Crippen molar-refractivity contribution in [3.05, 3.63) is 0 Å². The lowest BCUT2D eigenvalue weighted by molar-refractivity contribution is -0.267. The second-order valence-corrected chi connectivity index (χ2v) is 19.3. The number of ether oxygens (including phenoxy) is 3. The third kappa shape index (κ3) is 31.4. The van der Waals surface area contributed by atoms with Crippen LogP contribution in [0.25, 0.3) is 0 Å². The van der Waals surface area contributed by atoms with Crippen molar-refractivity contribution in [2.24, 2.45) is 0 Å². The van der Waals surface area contributed by atoms with E-state index < -0.39 is 104 Å². The molecule has 8 N–H and O–H groups in total. The number of carboxylic acids is 1. The SMILES string of the molecule is CCCCCCCCCCCC(O)CC(=O)NC1C(OC(=O)C[C@@H](NC(=O)CC(O)CCCCCCCCCCC)C(=O)O)OC(CO)C(O)C1OC(=O)CC(O)CCCCCCCCCCC. The van der Waals surface area contributed by atoms with E-state index in [-0.39, 0.29) is 12.8 Å². The summed E-state index contributed by atoms with van der Waals surface area (Å²) in [5, 5.41) is 68.1. The molecular weight excluding hydrogens is 877 g/mol. The Morgan fingerprint density at radius 1 is 0.515 bits per heavy atom. The Bertz CT molecular complexity index is 1320. The number of carbonyl (C=O) groups is 5. The first-order chi connectivity index (χ1) is 32.8. The minimum absolute atomic E-state index is 0.331. The molecule has 1 saturated heterocycles. The molecule has 398 valence electrons. The van der Waals surface area contributed by atoms with Gasteiger partial charge < -0.3 is 55.5 Å². The summed E-state index contributed by atoms with van der Waals surface area (Å²) < 4.78 is 16.9. The van der Waals surface area contributed by atoms with Gasteiger partial charge in [0.2, 0.25) is 18.1 Å². The monoisotopic (exact) mass is 973 g/mol. The van der Waals surface area contributed by atoms with Crippen molar-refractivity contribution in [3.63, 3.8) is 0 Å². The first-order valence-electron chi connectivity index (χ1n) is 26.9. The molecule has 0 bridgehead atoms. The summed E-state index contributed by atoms with van der Waals surface area (Å²) in [4.78, 5) is 65.1. The van der Waals surface area contributed by atoms with Gasteiger partial charge in [-0.1, -0.05) is 194 Å². The average Bonchev–Trinajstić information content (AvgIpc) is 3.28. The Hall–Kier alpha value is -2.89. The topological polar surface area (TPSA) is 258 Å². The maximum Gasteiger partial charge on any atom is 0.326 e. The Balaban J connectivity index is 2.98. The van der Waals surface area contributed by atoms with Gasteiger partial charge in [0, 0.05) is 0 Å². The molecule has 1 rings (SSSR count). The van der Waals surface area contributed by atoms with Crippen LogP contribution in [0.4, 0.5) is 0 Å². The van der Waals surface area contributed by atoms with Gasteiger partial charge in [-0.15, -0.1) is 0 Å². The highest BCUT2D eigenvalue weighted by Gasteiger charge is 2.50. The minimum atomic E-state index is -1.84. The zero-order valence-corrected chi connectivity index (χ0v) is 42.4. The highest BCUT2D eigenvalue weighted by atomic mass is 16.7. The van der Waals surface area contributed by atoms with E-state index in [1.807, 2.05) is 0 Å². The predicted molar refractivity (Wildman–Crippen MR) is 261 cm³/mol. The van der Waals surface area contributed by atoms with E-state index >= 15 is 0 Å². The fourth-order valence-electron chi connectivity index (χ4n) is 8.70. The second kappa shape index (κ2) is 40.8. The molecule has 16 heteroatoms. The molecule has 9 atom stereocenters. The number of nitrogens with one attached hydrogen (secondary N) is 2. The minimum Gasteiger partial charge on any atom is -0.480 e. The quantitative estimate of drug-likeness (QED) is 0.0213. The molecule has 0 aliphatic carbocycles. The smallest absolute Gasteiger partial charge is 0.326 e. The number of unbranched alkanes of at least 4 members (excludes halogenated alkanes) is 24. The van der Waals surface area contributed by atoms with Crippen LogP contribution >= 0.6 is 0 Å². The average molecular weight is 973 g/mol. The molecule has 0 saturated carbocycles. The van der Waals surface area contributed by atoms with Gasteiger partial charge in [-0.25, -0.2) is 4.79 Å². The van der Waals surface area contributed by atoms with Crippen LogP contribution < -0.4 is 10.6 Å². The molecule has 16 nitrogen and oxygen atoms in total.